The average molecular weight is 298 g/mol. The lowest BCUT2D eigenvalue weighted by Crippen LogP contribution is -1.92. The van der Waals surface area contributed by atoms with Gasteiger partial charge in [0.1, 0.15) is 5.52 Å². The molecule has 4 heteroatoms. The Bertz CT molecular complexity index is 1170. The molecular formula is C19H14N4. The SMILES string of the molecule is Cc1[nH]nc2c3ccccc3n3nc(-c4ccccc4)cc3c12. The smallest absolute Gasteiger partial charge is 0.104 e. The first-order valence-corrected chi connectivity index (χ1v) is 7.63. The van der Waals surface area contributed by atoms with Crippen molar-refractivity contribution in [3.63, 3.8) is 0 Å². The Morgan fingerprint density at radius 3 is 2.57 bits per heavy atom. The van der Waals surface area contributed by atoms with Gasteiger partial charge in [-0.2, -0.15) is 10.2 Å². The molecule has 0 saturated carbocycles. The molecule has 0 amide bonds. The van der Waals surface area contributed by atoms with Crippen molar-refractivity contribution in [3.05, 3.63) is 66.4 Å². The lowest BCUT2D eigenvalue weighted by Gasteiger charge is -2.03. The summed E-state index contributed by atoms with van der Waals surface area (Å²) in [6.07, 6.45) is 0. The van der Waals surface area contributed by atoms with Crippen LogP contribution in [0.4, 0.5) is 0 Å². The molecular weight excluding hydrogens is 284 g/mol. The maximum absolute atomic E-state index is 4.86. The van der Waals surface area contributed by atoms with Crippen LogP contribution in [0.2, 0.25) is 0 Å². The number of H-pyrrole nitrogens is 1. The van der Waals surface area contributed by atoms with E-state index in [0.29, 0.717) is 0 Å². The minimum Gasteiger partial charge on any atom is -0.282 e. The largest absolute Gasteiger partial charge is 0.282 e. The van der Waals surface area contributed by atoms with Crippen LogP contribution in [0.15, 0.2) is 60.7 Å². The van der Waals surface area contributed by atoms with E-state index in [1.54, 1.807) is 0 Å². The van der Waals surface area contributed by atoms with Crippen molar-refractivity contribution in [2.24, 2.45) is 0 Å². The first-order valence-electron chi connectivity index (χ1n) is 7.63. The second-order valence-electron chi connectivity index (χ2n) is 5.78. The molecule has 23 heavy (non-hydrogen) atoms. The first kappa shape index (κ1) is 12.4. The van der Waals surface area contributed by atoms with Crippen LogP contribution in [0.3, 0.4) is 0 Å². The molecule has 0 spiro atoms. The number of para-hydroxylation sites is 1. The van der Waals surface area contributed by atoms with Gasteiger partial charge in [-0.25, -0.2) is 4.52 Å². The summed E-state index contributed by atoms with van der Waals surface area (Å²) in [6, 6.07) is 20.7. The van der Waals surface area contributed by atoms with Gasteiger partial charge in [-0.1, -0.05) is 48.5 Å². The average Bonchev–Trinajstić information content (AvgIpc) is 3.20. The summed E-state index contributed by atoms with van der Waals surface area (Å²) in [7, 11) is 0. The molecule has 5 rings (SSSR count). The zero-order valence-corrected chi connectivity index (χ0v) is 12.6. The summed E-state index contributed by atoms with van der Waals surface area (Å²) >= 11 is 0. The summed E-state index contributed by atoms with van der Waals surface area (Å²) in [5.41, 5.74) is 6.33. The van der Waals surface area contributed by atoms with Gasteiger partial charge >= 0.3 is 0 Å². The number of rotatable bonds is 1. The Labute approximate surface area is 132 Å². The lowest BCUT2D eigenvalue weighted by atomic mass is 10.1. The van der Waals surface area contributed by atoms with Crippen LogP contribution < -0.4 is 0 Å². The molecule has 0 radical (unpaired) electrons. The van der Waals surface area contributed by atoms with E-state index in [2.05, 4.69) is 47.5 Å². The predicted octanol–water partition coefficient (Wildman–Crippen LogP) is 4.34. The third-order valence-corrected chi connectivity index (χ3v) is 4.37. The molecule has 0 aliphatic carbocycles. The number of hydrogen-bond donors (Lipinski definition) is 1. The number of aryl methyl sites for hydroxylation is 1. The van der Waals surface area contributed by atoms with Gasteiger partial charge in [-0.15, -0.1) is 0 Å². The highest BCUT2D eigenvalue weighted by atomic mass is 15.2. The summed E-state index contributed by atoms with van der Waals surface area (Å²) in [5.74, 6) is 0. The van der Waals surface area contributed by atoms with Gasteiger partial charge < -0.3 is 0 Å². The Kier molecular flexibility index (Phi) is 2.39. The van der Waals surface area contributed by atoms with Crippen LogP contribution in [0.5, 0.6) is 0 Å². The predicted molar refractivity (Wildman–Crippen MR) is 92.5 cm³/mol. The fourth-order valence-corrected chi connectivity index (χ4v) is 3.29. The third kappa shape index (κ3) is 1.66. The second kappa shape index (κ2) is 4.43. The van der Waals surface area contributed by atoms with E-state index in [9.17, 15) is 0 Å². The Hall–Kier alpha value is -3.14. The fourth-order valence-electron chi connectivity index (χ4n) is 3.29. The monoisotopic (exact) mass is 298 g/mol. The maximum atomic E-state index is 4.86. The van der Waals surface area contributed by atoms with Gasteiger partial charge in [0.15, 0.2) is 0 Å². The quantitative estimate of drug-likeness (QED) is 0.500. The van der Waals surface area contributed by atoms with Crippen molar-refractivity contribution in [2.75, 3.05) is 0 Å². The molecule has 0 atom stereocenters. The molecule has 0 saturated heterocycles. The lowest BCUT2D eigenvalue weighted by molar-refractivity contribution is 1.01. The minimum absolute atomic E-state index is 0.976. The minimum atomic E-state index is 0.976. The van der Waals surface area contributed by atoms with Crippen molar-refractivity contribution in [3.8, 4) is 11.3 Å². The number of nitrogens with one attached hydrogen (secondary N) is 1. The van der Waals surface area contributed by atoms with Gasteiger partial charge in [0.25, 0.3) is 0 Å². The molecule has 0 bridgehead atoms. The number of fused-ring (bicyclic) bond motifs is 6. The molecule has 5 aromatic rings. The normalized spacial score (nSPS) is 11.7. The molecule has 2 aromatic carbocycles. The van der Waals surface area contributed by atoms with E-state index < -0.39 is 0 Å². The van der Waals surface area contributed by atoms with Crippen LogP contribution in [0.1, 0.15) is 5.69 Å². The fraction of sp³-hybridized carbons (Fsp3) is 0.0526. The Morgan fingerprint density at radius 2 is 1.70 bits per heavy atom. The number of benzene rings is 2. The molecule has 110 valence electrons. The number of hydrogen-bond acceptors (Lipinski definition) is 2. The topological polar surface area (TPSA) is 46.0 Å². The van der Waals surface area contributed by atoms with Crippen molar-refractivity contribution >= 4 is 27.3 Å². The standard InChI is InChI=1S/C19H14N4/c1-12-18-17-11-15(13-7-3-2-4-8-13)22-23(17)16-10-6-5-9-14(16)19(18)21-20-12/h2-11H,1H3,(H,20,21). The van der Waals surface area contributed by atoms with Crippen molar-refractivity contribution in [2.45, 2.75) is 6.92 Å². The van der Waals surface area contributed by atoms with Crippen LogP contribution in [-0.4, -0.2) is 19.8 Å². The number of aromatic nitrogens is 4. The second-order valence-corrected chi connectivity index (χ2v) is 5.78. The number of aromatic amines is 1. The Balaban J connectivity index is 2.00. The van der Waals surface area contributed by atoms with Gasteiger partial charge in [-0.05, 0) is 19.1 Å². The Morgan fingerprint density at radius 1 is 0.913 bits per heavy atom. The summed E-state index contributed by atoms with van der Waals surface area (Å²) in [5, 5.41) is 14.7. The molecule has 1 N–H and O–H groups in total. The van der Waals surface area contributed by atoms with Crippen LogP contribution in [-0.2, 0) is 0 Å². The molecule has 4 nitrogen and oxygen atoms in total. The number of pyridine rings is 1. The zero-order valence-electron chi connectivity index (χ0n) is 12.6. The van der Waals surface area contributed by atoms with Gasteiger partial charge in [0.2, 0.25) is 0 Å². The van der Waals surface area contributed by atoms with Crippen LogP contribution in [0.25, 0.3) is 38.6 Å². The van der Waals surface area contributed by atoms with Crippen molar-refractivity contribution < 1.29 is 0 Å². The molecule has 0 fully saturated rings. The van der Waals surface area contributed by atoms with E-state index in [4.69, 9.17) is 5.10 Å². The van der Waals surface area contributed by atoms with E-state index in [1.807, 2.05) is 34.8 Å². The molecule has 0 aliphatic rings. The van der Waals surface area contributed by atoms with Crippen molar-refractivity contribution in [1.29, 1.82) is 0 Å². The highest BCUT2D eigenvalue weighted by Gasteiger charge is 2.15. The van der Waals surface area contributed by atoms with E-state index in [-0.39, 0.29) is 0 Å². The molecule has 0 aliphatic heterocycles. The molecule has 3 heterocycles. The van der Waals surface area contributed by atoms with Gasteiger partial charge in [-0.3, -0.25) is 5.10 Å². The summed E-state index contributed by atoms with van der Waals surface area (Å²) in [6.45, 7) is 2.05. The third-order valence-electron chi connectivity index (χ3n) is 4.37. The van der Waals surface area contributed by atoms with Gasteiger partial charge in [0.05, 0.1) is 16.7 Å². The van der Waals surface area contributed by atoms with Gasteiger partial charge in [0, 0.05) is 22.0 Å². The highest BCUT2D eigenvalue weighted by molar-refractivity contribution is 6.11. The van der Waals surface area contributed by atoms with E-state index in [1.165, 1.54) is 0 Å². The molecule has 0 unspecified atom stereocenters. The molecule has 3 aromatic heterocycles. The summed E-state index contributed by atoms with van der Waals surface area (Å²) in [4.78, 5) is 0. The zero-order chi connectivity index (χ0) is 15.4. The van der Waals surface area contributed by atoms with Crippen molar-refractivity contribution in [1.82, 2.24) is 19.8 Å². The highest BCUT2D eigenvalue weighted by Crippen LogP contribution is 2.32. The summed E-state index contributed by atoms with van der Waals surface area (Å²) < 4.78 is 2.03. The number of nitrogens with zero attached hydrogens (tertiary/aromatic N) is 3. The maximum Gasteiger partial charge on any atom is 0.104 e. The van der Waals surface area contributed by atoms with E-state index >= 15 is 0 Å². The van der Waals surface area contributed by atoms with E-state index in [0.717, 1.165) is 44.3 Å². The van der Waals surface area contributed by atoms with Crippen LogP contribution in [0, 0.1) is 6.92 Å². The van der Waals surface area contributed by atoms with Crippen LogP contribution >= 0.6 is 0 Å². The first-order chi connectivity index (χ1) is 11.3.